The molecule has 0 heterocycles. The summed E-state index contributed by atoms with van der Waals surface area (Å²) in [6, 6.07) is 12.3. The van der Waals surface area contributed by atoms with E-state index in [9.17, 15) is 9.90 Å². The predicted molar refractivity (Wildman–Crippen MR) is 87.7 cm³/mol. The molecule has 0 aliphatic rings. The number of hydrogen-bond acceptors (Lipinski definition) is 3. The average molecular weight is 337 g/mol. The van der Waals surface area contributed by atoms with Gasteiger partial charge in [-0.3, -0.25) is 0 Å². The van der Waals surface area contributed by atoms with Crippen LogP contribution in [0.4, 0.5) is 0 Å². The Kier molecular flexibility index (Phi) is 6.01. The minimum atomic E-state index is -0.510. The zero-order valence-electron chi connectivity index (χ0n) is 11.6. The van der Waals surface area contributed by atoms with Crippen molar-refractivity contribution in [1.29, 1.82) is 0 Å². The van der Waals surface area contributed by atoms with Crippen LogP contribution >= 0.6 is 23.2 Å². The zero-order chi connectivity index (χ0) is 15.9. The van der Waals surface area contributed by atoms with Crippen LogP contribution in [-0.2, 0) is 22.7 Å². The maximum atomic E-state index is 11.8. The van der Waals surface area contributed by atoms with Crippen LogP contribution in [-0.4, -0.2) is 11.1 Å². The quantitative estimate of drug-likeness (QED) is 0.656. The average Bonchev–Trinajstić information content (AvgIpc) is 2.52. The van der Waals surface area contributed by atoms with Gasteiger partial charge in [0, 0.05) is 21.7 Å². The number of halogens is 2. The van der Waals surface area contributed by atoms with Gasteiger partial charge < -0.3 is 9.84 Å². The lowest BCUT2D eigenvalue weighted by Crippen LogP contribution is -2.03. The summed E-state index contributed by atoms with van der Waals surface area (Å²) in [5.74, 6) is -0.510. The number of hydrogen-bond donors (Lipinski definition) is 1. The van der Waals surface area contributed by atoms with Gasteiger partial charge in [0.2, 0.25) is 0 Å². The lowest BCUT2D eigenvalue weighted by molar-refractivity contribution is -0.138. The van der Waals surface area contributed by atoms with E-state index in [0.717, 1.165) is 11.1 Å². The zero-order valence-corrected chi connectivity index (χ0v) is 13.1. The summed E-state index contributed by atoms with van der Waals surface area (Å²) < 4.78 is 5.15. The van der Waals surface area contributed by atoms with E-state index in [1.54, 1.807) is 30.3 Å². The first-order valence-electron chi connectivity index (χ1n) is 6.58. The fourth-order valence-electron chi connectivity index (χ4n) is 1.87. The van der Waals surface area contributed by atoms with Crippen molar-refractivity contribution in [2.24, 2.45) is 0 Å². The Hall–Kier alpha value is -1.81. The minimum Gasteiger partial charge on any atom is -0.458 e. The third-order valence-electron chi connectivity index (χ3n) is 3.04. The first-order chi connectivity index (χ1) is 10.6. The summed E-state index contributed by atoms with van der Waals surface area (Å²) in [7, 11) is 0. The molecule has 3 nitrogen and oxygen atoms in total. The van der Waals surface area contributed by atoms with Gasteiger partial charge in [-0.2, -0.15) is 0 Å². The van der Waals surface area contributed by atoms with E-state index in [2.05, 4.69) is 0 Å². The summed E-state index contributed by atoms with van der Waals surface area (Å²) in [5.41, 5.74) is 2.06. The number of carbonyl (C=O) groups excluding carboxylic acids is 1. The second-order valence-corrected chi connectivity index (χ2v) is 5.32. The Morgan fingerprint density at radius 1 is 1.05 bits per heavy atom. The van der Waals surface area contributed by atoms with Crippen molar-refractivity contribution in [3.05, 3.63) is 75.3 Å². The molecule has 0 aromatic heterocycles. The van der Waals surface area contributed by atoms with Gasteiger partial charge in [0.15, 0.2) is 0 Å². The van der Waals surface area contributed by atoms with Gasteiger partial charge in [-0.15, -0.1) is 0 Å². The van der Waals surface area contributed by atoms with Gasteiger partial charge in [0.05, 0.1) is 6.61 Å². The van der Waals surface area contributed by atoms with Gasteiger partial charge in [0.25, 0.3) is 0 Å². The molecule has 0 radical (unpaired) electrons. The second kappa shape index (κ2) is 7.99. The van der Waals surface area contributed by atoms with E-state index in [1.165, 1.54) is 12.2 Å². The van der Waals surface area contributed by atoms with Gasteiger partial charge in [-0.1, -0.05) is 53.5 Å². The van der Waals surface area contributed by atoms with Crippen molar-refractivity contribution in [3.8, 4) is 0 Å². The number of ether oxygens (including phenoxy) is 1. The molecule has 0 aliphatic carbocycles. The highest BCUT2D eigenvalue weighted by molar-refractivity contribution is 6.37. The smallest absolute Gasteiger partial charge is 0.331 e. The normalized spacial score (nSPS) is 10.9. The lowest BCUT2D eigenvalue weighted by Gasteiger charge is -2.07. The molecule has 5 heteroatoms. The monoisotopic (exact) mass is 336 g/mol. The van der Waals surface area contributed by atoms with Crippen molar-refractivity contribution in [3.63, 3.8) is 0 Å². The molecule has 2 rings (SSSR count). The number of carbonyl (C=O) groups is 1. The van der Waals surface area contributed by atoms with Gasteiger partial charge >= 0.3 is 5.97 Å². The molecule has 0 amide bonds. The van der Waals surface area contributed by atoms with Gasteiger partial charge in [-0.25, -0.2) is 4.79 Å². The van der Waals surface area contributed by atoms with Crippen LogP contribution in [0.15, 0.2) is 48.5 Å². The van der Waals surface area contributed by atoms with Crippen LogP contribution in [0.25, 0.3) is 6.08 Å². The first kappa shape index (κ1) is 16.6. The highest BCUT2D eigenvalue weighted by Gasteiger charge is 2.05. The Morgan fingerprint density at radius 2 is 1.68 bits per heavy atom. The Labute approximate surface area is 138 Å². The molecule has 2 aromatic rings. The van der Waals surface area contributed by atoms with Crippen molar-refractivity contribution in [2.75, 3.05) is 0 Å². The fraction of sp³-hybridized carbons (Fsp3) is 0.118. The first-order valence-corrected chi connectivity index (χ1v) is 7.34. The largest absolute Gasteiger partial charge is 0.458 e. The van der Waals surface area contributed by atoms with Crippen LogP contribution in [0.5, 0.6) is 0 Å². The highest BCUT2D eigenvalue weighted by Crippen LogP contribution is 2.25. The molecule has 0 bridgehead atoms. The molecule has 22 heavy (non-hydrogen) atoms. The topological polar surface area (TPSA) is 46.5 Å². The summed E-state index contributed by atoms with van der Waals surface area (Å²) in [4.78, 5) is 11.8. The summed E-state index contributed by atoms with van der Waals surface area (Å²) in [6.07, 6.45) is 2.79. The van der Waals surface area contributed by atoms with Crippen molar-refractivity contribution in [1.82, 2.24) is 0 Å². The number of esters is 1. The summed E-state index contributed by atoms with van der Waals surface area (Å²) >= 11 is 12.0. The Bertz CT molecular complexity index is 676. The van der Waals surface area contributed by atoms with Crippen molar-refractivity contribution < 1.29 is 14.6 Å². The number of aliphatic hydroxyl groups is 1. The number of aliphatic hydroxyl groups excluding tert-OH is 1. The van der Waals surface area contributed by atoms with E-state index in [4.69, 9.17) is 27.9 Å². The van der Waals surface area contributed by atoms with Crippen molar-refractivity contribution in [2.45, 2.75) is 13.2 Å². The van der Waals surface area contributed by atoms with E-state index >= 15 is 0 Å². The van der Waals surface area contributed by atoms with Crippen molar-refractivity contribution >= 4 is 35.2 Å². The molecule has 0 fully saturated rings. The van der Waals surface area contributed by atoms with Crippen LogP contribution in [0, 0.1) is 0 Å². The van der Waals surface area contributed by atoms with E-state index < -0.39 is 5.97 Å². The Morgan fingerprint density at radius 3 is 2.32 bits per heavy atom. The maximum absolute atomic E-state index is 11.8. The molecule has 0 unspecified atom stereocenters. The summed E-state index contributed by atoms with van der Waals surface area (Å²) in [6.45, 7) is -0.00501. The van der Waals surface area contributed by atoms with E-state index in [-0.39, 0.29) is 13.2 Å². The SMILES string of the molecule is O=C(C=Cc1c(Cl)cccc1Cl)OCc1ccccc1CO. The maximum Gasteiger partial charge on any atom is 0.331 e. The van der Waals surface area contributed by atoms with Crippen LogP contribution in [0.2, 0.25) is 10.0 Å². The fourth-order valence-corrected chi connectivity index (χ4v) is 2.39. The molecular weight excluding hydrogens is 323 g/mol. The lowest BCUT2D eigenvalue weighted by atomic mass is 10.1. The van der Waals surface area contributed by atoms with Crippen LogP contribution < -0.4 is 0 Å². The molecule has 0 spiro atoms. The van der Waals surface area contributed by atoms with E-state index in [1.807, 2.05) is 12.1 Å². The van der Waals surface area contributed by atoms with Gasteiger partial charge in [0.1, 0.15) is 6.61 Å². The molecule has 0 saturated heterocycles. The van der Waals surface area contributed by atoms with E-state index in [0.29, 0.717) is 15.6 Å². The van der Waals surface area contributed by atoms with Crippen LogP contribution in [0.1, 0.15) is 16.7 Å². The second-order valence-electron chi connectivity index (χ2n) is 4.50. The van der Waals surface area contributed by atoms with Crippen LogP contribution in [0.3, 0.4) is 0 Å². The molecule has 0 atom stereocenters. The number of benzene rings is 2. The Balaban J connectivity index is 2.00. The molecule has 2 aromatic carbocycles. The predicted octanol–water partition coefficient (Wildman–Crippen LogP) is 4.24. The standard InChI is InChI=1S/C17H14Cl2O3/c18-15-6-3-7-16(19)14(15)8-9-17(21)22-11-13-5-2-1-4-12(13)10-20/h1-9,20H,10-11H2. The third kappa shape index (κ3) is 4.34. The highest BCUT2D eigenvalue weighted by atomic mass is 35.5. The molecule has 1 N–H and O–H groups in total. The molecule has 114 valence electrons. The third-order valence-corrected chi connectivity index (χ3v) is 3.70. The molecule has 0 aliphatic heterocycles. The van der Waals surface area contributed by atoms with Gasteiger partial charge in [-0.05, 0) is 29.3 Å². The number of rotatable bonds is 5. The molecule has 0 saturated carbocycles. The minimum absolute atomic E-state index is 0.0934. The summed E-state index contributed by atoms with van der Waals surface area (Å²) in [5, 5.41) is 10.1. The molecular formula is C17H14Cl2O3.